The summed E-state index contributed by atoms with van der Waals surface area (Å²) in [5, 5.41) is 3.90. The fraction of sp³-hybridized carbons (Fsp3) is 0.278. The van der Waals surface area contributed by atoms with Gasteiger partial charge in [0.1, 0.15) is 11.8 Å². The van der Waals surface area contributed by atoms with E-state index in [0.29, 0.717) is 23.0 Å². The Kier molecular flexibility index (Phi) is 5.81. The van der Waals surface area contributed by atoms with Crippen LogP contribution in [-0.4, -0.2) is 19.1 Å². The van der Waals surface area contributed by atoms with E-state index in [1.807, 2.05) is 30.3 Å². The van der Waals surface area contributed by atoms with Gasteiger partial charge in [-0.05, 0) is 41.8 Å². The van der Waals surface area contributed by atoms with E-state index < -0.39 is 0 Å². The molecule has 1 saturated heterocycles. The summed E-state index contributed by atoms with van der Waals surface area (Å²) >= 11 is 11.9. The summed E-state index contributed by atoms with van der Waals surface area (Å²) in [7, 11) is 1.64. The highest BCUT2D eigenvalue weighted by Crippen LogP contribution is 2.25. The maximum atomic E-state index is 12.4. The normalized spacial score (nSPS) is 19.6. The highest BCUT2D eigenvalue weighted by Gasteiger charge is 2.29. The van der Waals surface area contributed by atoms with Gasteiger partial charge in [0.15, 0.2) is 0 Å². The second-order valence-corrected chi connectivity index (χ2v) is 6.68. The molecule has 0 aliphatic carbocycles. The van der Waals surface area contributed by atoms with Crippen LogP contribution >= 0.6 is 23.2 Å². The largest absolute Gasteiger partial charge is 0.497 e. The SMILES string of the molecule is COc1ccc(C2CC(C(=O)NCc3ccc(Cl)c(Cl)c3)NN2)cc1. The molecule has 1 aliphatic heterocycles. The quantitative estimate of drug-likeness (QED) is 0.746. The molecule has 0 saturated carbocycles. The van der Waals surface area contributed by atoms with Crippen molar-refractivity contribution in [2.24, 2.45) is 0 Å². The average molecular weight is 380 g/mol. The molecule has 3 rings (SSSR count). The van der Waals surface area contributed by atoms with Gasteiger partial charge >= 0.3 is 0 Å². The van der Waals surface area contributed by atoms with E-state index in [0.717, 1.165) is 16.9 Å². The van der Waals surface area contributed by atoms with E-state index in [-0.39, 0.29) is 18.0 Å². The van der Waals surface area contributed by atoms with Crippen molar-refractivity contribution in [3.8, 4) is 5.75 Å². The summed E-state index contributed by atoms with van der Waals surface area (Å²) in [6.45, 7) is 0.404. The average Bonchev–Trinajstić information content (AvgIpc) is 3.13. The van der Waals surface area contributed by atoms with E-state index in [2.05, 4.69) is 16.2 Å². The molecular formula is C18H19Cl2N3O2. The summed E-state index contributed by atoms with van der Waals surface area (Å²) < 4.78 is 5.16. The molecule has 3 N–H and O–H groups in total. The van der Waals surface area contributed by atoms with Crippen molar-refractivity contribution in [1.29, 1.82) is 0 Å². The van der Waals surface area contributed by atoms with Crippen LogP contribution < -0.4 is 20.9 Å². The maximum absolute atomic E-state index is 12.4. The van der Waals surface area contributed by atoms with E-state index >= 15 is 0 Å². The summed E-state index contributed by atoms with van der Waals surface area (Å²) in [6, 6.07) is 12.9. The molecule has 2 aromatic rings. The Morgan fingerprint density at radius 2 is 1.92 bits per heavy atom. The third-order valence-electron chi connectivity index (χ3n) is 4.19. The van der Waals surface area contributed by atoms with Crippen LogP contribution in [0.15, 0.2) is 42.5 Å². The van der Waals surface area contributed by atoms with Crippen molar-refractivity contribution in [1.82, 2.24) is 16.2 Å². The smallest absolute Gasteiger partial charge is 0.238 e. The molecular weight excluding hydrogens is 361 g/mol. The monoisotopic (exact) mass is 379 g/mol. The van der Waals surface area contributed by atoms with E-state index in [9.17, 15) is 4.79 Å². The topological polar surface area (TPSA) is 62.4 Å². The van der Waals surface area contributed by atoms with Gasteiger partial charge < -0.3 is 10.1 Å². The van der Waals surface area contributed by atoms with Crippen molar-refractivity contribution in [3.63, 3.8) is 0 Å². The Bertz CT molecular complexity index is 752. The molecule has 1 heterocycles. The van der Waals surface area contributed by atoms with Crippen LogP contribution in [0.1, 0.15) is 23.6 Å². The predicted octanol–water partition coefficient (Wildman–Crippen LogP) is 3.23. The van der Waals surface area contributed by atoms with Gasteiger partial charge in [-0.15, -0.1) is 0 Å². The number of rotatable bonds is 5. The molecule has 7 heteroatoms. The zero-order chi connectivity index (χ0) is 17.8. The van der Waals surface area contributed by atoms with Gasteiger partial charge in [-0.2, -0.15) is 0 Å². The van der Waals surface area contributed by atoms with Crippen molar-refractivity contribution in [2.45, 2.75) is 25.0 Å². The lowest BCUT2D eigenvalue weighted by Crippen LogP contribution is -2.42. The Labute approximate surface area is 156 Å². The summed E-state index contributed by atoms with van der Waals surface area (Å²) in [6.07, 6.45) is 0.666. The van der Waals surface area contributed by atoms with Gasteiger partial charge in [0, 0.05) is 12.6 Å². The molecule has 5 nitrogen and oxygen atoms in total. The summed E-state index contributed by atoms with van der Waals surface area (Å²) in [4.78, 5) is 12.4. The molecule has 2 unspecified atom stereocenters. The first-order valence-electron chi connectivity index (χ1n) is 7.93. The van der Waals surface area contributed by atoms with Crippen molar-refractivity contribution in [2.75, 3.05) is 7.11 Å². The van der Waals surface area contributed by atoms with Crippen LogP contribution in [0.5, 0.6) is 5.75 Å². The zero-order valence-electron chi connectivity index (χ0n) is 13.7. The predicted molar refractivity (Wildman–Crippen MR) is 98.7 cm³/mol. The molecule has 1 aliphatic rings. The lowest BCUT2D eigenvalue weighted by molar-refractivity contribution is -0.123. The minimum Gasteiger partial charge on any atom is -0.497 e. The minimum atomic E-state index is -0.296. The van der Waals surface area contributed by atoms with Crippen LogP contribution in [0.4, 0.5) is 0 Å². The lowest BCUT2D eigenvalue weighted by atomic mass is 10.0. The standard InChI is InChI=1S/C18H19Cl2N3O2/c1-25-13-5-3-12(4-6-13)16-9-17(23-22-16)18(24)21-10-11-2-7-14(19)15(20)8-11/h2-8,16-17,22-23H,9-10H2,1H3,(H,21,24). The second-order valence-electron chi connectivity index (χ2n) is 5.87. The molecule has 25 heavy (non-hydrogen) atoms. The van der Waals surface area contributed by atoms with Gasteiger partial charge in [-0.1, -0.05) is 41.4 Å². The number of halogens is 2. The number of carbonyl (C=O) groups is 1. The third kappa shape index (κ3) is 4.44. The number of hydrazine groups is 1. The van der Waals surface area contributed by atoms with Gasteiger partial charge in [0.2, 0.25) is 5.91 Å². The molecule has 0 radical (unpaired) electrons. The number of ether oxygens (including phenoxy) is 1. The molecule has 1 fully saturated rings. The number of carbonyl (C=O) groups excluding carboxylic acids is 1. The van der Waals surface area contributed by atoms with Crippen molar-refractivity contribution >= 4 is 29.1 Å². The molecule has 132 valence electrons. The zero-order valence-corrected chi connectivity index (χ0v) is 15.2. The summed E-state index contributed by atoms with van der Waals surface area (Å²) in [5.74, 6) is 0.750. The number of benzene rings is 2. The van der Waals surface area contributed by atoms with Crippen LogP contribution in [0.2, 0.25) is 10.0 Å². The Balaban J connectivity index is 1.54. The molecule has 0 aromatic heterocycles. The number of hydrogen-bond acceptors (Lipinski definition) is 4. The molecule has 0 spiro atoms. The van der Waals surface area contributed by atoms with Crippen LogP contribution in [0, 0.1) is 0 Å². The fourth-order valence-electron chi connectivity index (χ4n) is 2.74. The Hall–Kier alpha value is -1.79. The summed E-state index contributed by atoms with van der Waals surface area (Å²) in [5.41, 5.74) is 8.22. The van der Waals surface area contributed by atoms with E-state index in [4.69, 9.17) is 27.9 Å². The van der Waals surface area contributed by atoms with Crippen LogP contribution in [-0.2, 0) is 11.3 Å². The number of hydrogen-bond donors (Lipinski definition) is 3. The van der Waals surface area contributed by atoms with Crippen LogP contribution in [0.25, 0.3) is 0 Å². The van der Waals surface area contributed by atoms with Crippen LogP contribution in [0.3, 0.4) is 0 Å². The first kappa shape index (κ1) is 18.0. The Morgan fingerprint density at radius 3 is 2.60 bits per heavy atom. The number of nitrogens with one attached hydrogen (secondary N) is 3. The van der Waals surface area contributed by atoms with Gasteiger partial charge in [-0.25, -0.2) is 10.9 Å². The molecule has 2 atom stereocenters. The first-order valence-corrected chi connectivity index (χ1v) is 8.69. The highest BCUT2D eigenvalue weighted by molar-refractivity contribution is 6.42. The van der Waals surface area contributed by atoms with E-state index in [1.54, 1.807) is 19.2 Å². The van der Waals surface area contributed by atoms with Gasteiger partial charge in [-0.3, -0.25) is 4.79 Å². The lowest BCUT2D eigenvalue weighted by Gasteiger charge is -2.11. The molecule has 2 aromatic carbocycles. The second kappa shape index (κ2) is 8.06. The number of methoxy groups -OCH3 is 1. The molecule has 1 amide bonds. The van der Waals surface area contributed by atoms with E-state index in [1.165, 1.54) is 0 Å². The van der Waals surface area contributed by atoms with Crippen molar-refractivity contribution in [3.05, 3.63) is 63.6 Å². The Morgan fingerprint density at radius 1 is 1.16 bits per heavy atom. The highest BCUT2D eigenvalue weighted by atomic mass is 35.5. The first-order chi connectivity index (χ1) is 12.1. The molecule has 0 bridgehead atoms. The van der Waals surface area contributed by atoms with Gasteiger partial charge in [0.25, 0.3) is 0 Å². The fourth-order valence-corrected chi connectivity index (χ4v) is 3.07. The van der Waals surface area contributed by atoms with Gasteiger partial charge in [0.05, 0.1) is 17.2 Å². The number of amides is 1. The third-order valence-corrected chi connectivity index (χ3v) is 4.93. The van der Waals surface area contributed by atoms with Crippen molar-refractivity contribution < 1.29 is 9.53 Å². The minimum absolute atomic E-state index is 0.0606. The maximum Gasteiger partial charge on any atom is 0.238 e.